The van der Waals surface area contributed by atoms with Gasteiger partial charge >= 0.3 is 0 Å². The van der Waals surface area contributed by atoms with Crippen LogP contribution in [0.4, 0.5) is 0 Å². The van der Waals surface area contributed by atoms with E-state index in [0.29, 0.717) is 18.9 Å². The largest absolute Gasteiger partial charge is 0.342 e. The minimum atomic E-state index is -0.463. The van der Waals surface area contributed by atoms with Crippen molar-refractivity contribution in [3.8, 4) is 0 Å². The molecule has 1 saturated heterocycles. The first-order valence-electron chi connectivity index (χ1n) is 10.5. The maximum absolute atomic E-state index is 13.6. The Morgan fingerprint density at radius 2 is 1.83 bits per heavy atom. The van der Waals surface area contributed by atoms with Crippen LogP contribution in [-0.4, -0.2) is 38.6 Å². The molecule has 6 nitrogen and oxygen atoms in total. The van der Waals surface area contributed by atoms with Crippen LogP contribution in [0, 0.1) is 18.8 Å². The van der Waals surface area contributed by atoms with Gasteiger partial charge in [0.15, 0.2) is 0 Å². The molecule has 0 radical (unpaired) electrons. The fourth-order valence-electron chi connectivity index (χ4n) is 4.68. The van der Waals surface area contributed by atoms with E-state index in [9.17, 15) is 9.59 Å². The molecule has 0 unspecified atom stereocenters. The van der Waals surface area contributed by atoms with Crippen molar-refractivity contribution >= 4 is 11.8 Å². The monoisotopic (exact) mass is 394 g/mol. The van der Waals surface area contributed by atoms with E-state index in [-0.39, 0.29) is 17.7 Å². The van der Waals surface area contributed by atoms with Gasteiger partial charge in [-0.1, -0.05) is 38.1 Å². The van der Waals surface area contributed by atoms with Crippen LogP contribution in [0.15, 0.2) is 30.5 Å². The Bertz CT molecular complexity index is 908. The fraction of sp³-hybridized carbons (Fsp3) is 0.522. The van der Waals surface area contributed by atoms with Crippen LogP contribution < -0.4 is 5.32 Å². The topological polar surface area (TPSA) is 67.2 Å². The van der Waals surface area contributed by atoms with Gasteiger partial charge in [-0.15, -0.1) is 0 Å². The van der Waals surface area contributed by atoms with Crippen LogP contribution in [0.2, 0.25) is 0 Å². The van der Waals surface area contributed by atoms with Gasteiger partial charge in [0.2, 0.25) is 11.8 Å². The van der Waals surface area contributed by atoms with Gasteiger partial charge in [-0.05, 0) is 49.1 Å². The maximum atomic E-state index is 13.6. The molecule has 6 heteroatoms. The number of hydrogen-bond acceptors (Lipinski definition) is 3. The normalized spacial score (nSPS) is 22.3. The smallest absolute Gasteiger partial charge is 0.246 e. The molecular weight excluding hydrogens is 364 g/mol. The van der Waals surface area contributed by atoms with Gasteiger partial charge in [0.25, 0.3) is 0 Å². The Kier molecular flexibility index (Phi) is 5.19. The highest BCUT2D eigenvalue weighted by molar-refractivity contribution is 5.97. The molecule has 1 aromatic carbocycles. The number of aryl methyl sites for hydroxylation is 1. The third-order valence-corrected chi connectivity index (χ3v) is 6.45. The number of rotatable bonds is 5. The van der Waals surface area contributed by atoms with Crippen LogP contribution >= 0.6 is 0 Å². The Labute approximate surface area is 172 Å². The molecule has 1 aliphatic heterocycles. The number of hydrogen-bond donors (Lipinski definition) is 1. The summed E-state index contributed by atoms with van der Waals surface area (Å²) in [7, 11) is 1.90. The lowest BCUT2D eigenvalue weighted by Gasteiger charge is -2.41. The first-order chi connectivity index (χ1) is 13.8. The summed E-state index contributed by atoms with van der Waals surface area (Å²) in [4.78, 5) is 28.5. The Morgan fingerprint density at radius 1 is 1.17 bits per heavy atom. The Hall–Kier alpha value is -2.63. The zero-order chi connectivity index (χ0) is 20.7. The van der Waals surface area contributed by atoms with Crippen LogP contribution in [-0.2, 0) is 36.0 Å². The van der Waals surface area contributed by atoms with Crippen molar-refractivity contribution in [3.63, 3.8) is 0 Å². The van der Waals surface area contributed by atoms with Gasteiger partial charge in [-0.2, -0.15) is 5.10 Å². The average molecular weight is 395 g/mol. The summed E-state index contributed by atoms with van der Waals surface area (Å²) in [6.45, 7) is 6.61. The summed E-state index contributed by atoms with van der Waals surface area (Å²) < 4.78 is 1.81. The molecule has 0 bridgehead atoms. The van der Waals surface area contributed by atoms with Crippen LogP contribution in [0.5, 0.6) is 0 Å². The van der Waals surface area contributed by atoms with Gasteiger partial charge in [0.05, 0.1) is 6.20 Å². The highest BCUT2D eigenvalue weighted by Crippen LogP contribution is 2.32. The average Bonchev–Trinajstić information content (AvgIpc) is 3.25. The second-order valence-corrected chi connectivity index (χ2v) is 8.91. The zero-order valence-corrected chi connectivity index (χ0v) is 17.7. The molecule has 1 aliphatic carbocycles. The second-order valence-electron chi connectivity index (χ2n) is 8.91. The number of nitrogens with one attached hydrogen (secondary N) is 1. The van der Waals surface area contributed by atoms with E-state index in [1.807, 2.05) is 37.0 Å². The standard InChI is InChI=1S/C23H30N4O2/c1-14(2)9-20-22(28)25-21(18-10-16-7-5-6-8-17(16)11-18)23(29)27(20)13-19-12-24-26(4)15(19)3/h5-8,12,14,18,20-21H,9-11,13H2,1-4H3,(H,25,28)/t20-,21-/m1/s1. The Morgan fingerprint density at radius 3 is 2.38 bits per heavy atom. The van der Waals surface area contributed by atoms with Gasteiger partial charge in [0, 0.05) is 24.8 Å². The first-order valence-corrected chi connectivity index (χ1v) is 10.5. The van der Waals surface area contributed by atoms with Crippen molar-refractivity contribution in [3.05, 3.63) is 52.8 Å². The number of carbonyl (C=O) groups excluding carboxylic acids is 2. The van der Waals surface area contributed by atoms with Crippen LogP contribution in [0.25, 0.3) is 0 Å². The SMILES string of the molecule is Cc1c(CN2C(=O)[C@@H](C3Cc4ccccc4C3)NC(=O)[C@H]2CC(C)C)cnn1C. The zero-order valence-electron chi connectivity index (χ0n) is 17.7. The third-order valence-electron chi connectivity index (χ3n) is 6.45. The van der Waals surface area contributed by atoms with E-state index in [0.717, 1.165) is 24.1 Å². The van der Waals surface area contributed by atoms with E-state index >= 15 is 0 Å². The molecule has 1 N–H and O–H groups in total. The van der Waals surface area contributed by atoms with Gasteiger partial charge < -0.3 is 10.2 Å². The van der Waals surface area contributed by atoms with Crippen molar-refractivity contribution in [2.24, 2.45) is 18.9 Å². The second kappa shape index (κ2) is 7.65. The number of nitrogens with zero attached hydrogens (tertiary/aromatic N) is 3. The predicted octanol–water partition coefficient (Wildman–Crippen LogP) is 2.39. The molecule has 154 valence electrons. The van der Waals surface area contributed by atoms with Crippen molar-refractivity contribution in [1.82, 2.24) is 20.0 Å². The highest BCUT2D eigenvalue weighted by Gasteiger charge is 2.45. The molecule has 0 saturated carbocycles. The highest BCUT2D eigenvalue weighted by atomic mass is 16.2. The maximum Gasteiger partial charge on any atom is 0.246 e. The van der Waals surface area contributed by atoms with Crippen molar-refractivity contribution in [2.45, 2.75) is 58.7 Å². The van der Waals surface area contributed by atoms with E-state index in [4.69, 9.17) is 0 Å². The summed E-state index contributed by atoms with van der Waals surface area (Å²) in [5.74, 6) is 0.446. The Balaban J connectivity index is 1.61. The predicted molar refractivity (Wildman–Crippen MR) is 111 cm³/mol. The molecule has 4 rings (SSSR count). The lowest BCUT2D eigenvalue weighted by molar-refractivity contribution is -0.152. The number of benzene rings is 1. The number of carbonyl (C=O) groups is 2. The fourth-order valence-corrected chi connectivity index (χ4v) is 4.68. The molecular formula is C23H30N4O2. The van der Waals surface area contributed by atoms with E-state index in [2.05, 4.69) is 36.4 Å². The molecule has 2 atom stereocenters. The van der Waals surface area contributed by atoms with Gasteiger partial charge in [0.1, 0.15) is 12.1 Å². The van der Waals surface area contributed by atoms with Crippen molar-refractivity contribution in [2.75, 3.05) is 0 Å². The summed E-state index contributed by atoms with van der Waals surface area (Å²) >= 11 is 0. The van der Waals surface area contributed by atoms with E-state index in [1.54, 1.807) is 4.90 Å². The van der Waals surface area contributed by atoms with Gasteiger partial charge in [-0.3, -0.25) is 14.3 Å². The number of aromatic nitrogens is 2. The van der Waals surface area contributed by atoms with Crippen LogP contribution in [0.3, 0.4) is 0 Å². The van der Waals surface area contributed by atoms with Crippen molar-refractivity contribution in [1.29, 1.82) is 0 Å². The summed E-state index contributed by atoms with van der Waals surface area (Å²) in [6.07, 6.45) is 4.14. The molecule has 29 heavy (non-hydrogen) atoms. The molecule has 2 heterocycles. The lowest BCUT2D eigenvalue weighted by Crippen LogP contribution is -2.65. The van der Waals surface area contributed by atoms with Crippen LogP contribution in [0.1, 0.15) is 42.7 Å². The molecule has 2 aliphatic rings. The summed E-state index contributed by atoms with van der Waals surface area (Å²) in [6, 6.07) is 7.44. The lowest BCUT2D eigenvalue weighted by atomic mass is 9.90. The molecule has 1 fully saturated rings. The van der Waals surface area contributed by atoms with Gasteiger partial charge in [-0.25, -0.2) is 0 Å². The minimum absolute atomic E-state index is 0.0270. The summed E-state index contributed by atoms with van der Waals surface area (Å²) in [5.41, 5.74) is 4.60. The minimum Gasteiger partial charge on any atom is -0.342 e. The first kappa shape index (κ1) is 19.7. The number of fused-ring (bicyclic) bond motifs is 1. The molecule has 2 amide bonds. The van der Waals surface area contributed by atoms with Crippen molar-refractivity contribution < 1.29 is 9.59 Å². The van der Waals surface area contributed by atoms with E-state index in [1.165, 1.54) is 11.1 Å². The molecule has 0 spiro atoms. The molecule has 1 aromatic heterocycles. The number of amides is 2. The quantitative estimate of drug-likeness (QED) is 0.847. The molecule has 2 aromatic rings. The summed E-state index contributed by atoms with van der Waals surface area (Å²) in [5, 5.41) is 7.40. The third kappa shape index (κ3) is 3.68. The number of piperazine rings is 1. The van der Waals surface area contributed by atoms with E-state index < -0.39 is 12.1 Å².